The molecule has 0 saturated heterocycles. The number of benzene rings is 1. The first kappa shape index (κ1) is 14.2. The van der Waals surface area contributed by atoms with E-state index < -0.39 is 0 Å². The normalized spacial score (nSPS) is 10.8. The van der Waals surface area contributed by atoms with Gasteiger partial charge in [0.15, 0.2) is 11.6 Å². The summed E-state index contributed by atoms with van der Waals surface area (Å²) < 4.78 is 20.4. The van der Waals surface area contributed by atoms with Gasteiger partial charge in [-0.15, -0.1) is 0 Å². The maximum atomic E-state index is 13.4. The highest BCUT2D eigenvalue weighted by molar-refractivity contribution is 5.44. The lowest BCUT2D eigenvalue weighted by Crippen LogP contribution is -2.11. The number of nitrogens with zero attached hydrogens (tertiary/aromatic N) is 4. The molecule has 3 aromatic rings. The Morgan fingerprint density at radius 3 is 3.05 bits per heavy atom. The molecule has 3 rings (SSSR count). The molecule has 6 nitrogen and oxygen atoms in total. The lowest BCUT2D eigenvalue weighted by atomic mass is 10.3. The maximum Gasteiger partial charge on any atom is 0.254 e. The van der Waals surface area contributed by atoms with E-state index in [1.54, 1.807) is 22.7 Å². The lowest BCUT2D eigenvalue weighted by Gasteiger charge is -2.10. The molecule has 2 aromatic heterocycles. The molecule has 0 saturated carbocycles. The fraction of sp³-hybridized carbons (Fsp3) is 0.267. The van der Waals surface area contributed by atoms with Crippen LogP contribution in [-0.2, 0) is 0 Å². The van der Waals surface area contributed by atoms with Crippen molar-refractivity contribution < 1.29 is 9.13 Å². The quantitative estimate of drug-likeness (QED) is 0.709. The molecule has 0 fully saturated rings. The van der Waals surface area contributed by atoms with E-state index in [-0.39, 0.29) is 11.6 Å². The van der Waals surface area contributed by atoms with Crippen molar-refractivity contribution in [3.05, 3.63) is 48.2 Å². The minimum Gasteiger partial charge on any atom is -0.490 e. The number of ether oxygens (including phenoxy) is 1. The first-order chi connectivity index (χ1) is 10.7. The van der Waals surface area contributed by atoms with Gasteiger partial charge in [-0.1, -0.05) is 12.1 Å². The summed E-state index contributed by atoms with van der Waals surface area (Å²) in [5, 5.41) is 7.38. The Labute approximate surface area is 127 Å². The van der Waals surface area contributed by atoms with Crippen molar-refractivity contribution in [3.63, 3.8) is 0 Å². The molecule has 0 amide bonds. The van der Waals surface area contributed by atoms with E-state index in [0.29, 0.717) is 18.9 Å². The number of rotatable bonds is 6. The molecular formula is C15H16FN5O. The number of anilines is 1. The molecule has 0 radical (unpaired) electrons. The molecule has 0 aliphatic rings. The van der Waals surface area contributed by atoms with Gasteiger partial charge in [-0.2, -0.15) is 14.6 Å². The van der Waals surface area contributed by atoms with Gasteiger partial charge in [0.1, 0.15) is 12.1 Å². The Balaban J connectivity index is 1.52. The van der Waals surface area contributed by atoms with Gasteiger partial charge in [0.2, 0.25) is 0 Å². The molecule has 114 valence electrons. The molecule has 1 N–H and O–H groups in total. The van der Waals surface area contributed by atoms with Crippen LogP contribution in [0.2, 0.25) is 0 Å². The zero-order valence-corrected chi connectivity index (χ0v) is 12.2. The number of para-hydroxylation sites is 1. The molecule has 7 heteroatoms. The Morgan fingerprint density at radius 1 is 1.32 bits per heavy atom. The highest BCUT2D eigenvalue weighted by Gasteiger charge is 2.05. The molecule has 0 unspecified atom stereocenters. The second-order valence-corrected chi connectivity index (χ2v) is 4.81. The van der Waals surface area contributed by atoms with Crippen molar-refractivity contribution in [2.24, 2.45) is 0 Å². The number of nitrogens with one attached hydrogen (secondary N) is 1. The minimum absolute atomic E-state index is 0.279. The van der Waals surface area contributed by atoms with Gasteiger partial charge in [0.25, 0.3) is 5.78 Å². The number of aryl methyl sites for hydroxylation is 1. The van der Waals surface area contributed by atoms with Crippen molar-refractivity contribution in [1.82, 2.24) is 19.6 Å². The number of fused-ring (bicyclic) bond motifs is 1. The second kappa shape index (κ2) is 6.38. The fourth-order valence-corrected chi connectivity index (χ4v) is 2.09. The summed E-state index contributed by atoms with van der Waals surface area (Å²) in [6.45, 7) is 3.01. The highest BCUT2D eigenvalue weighted by Crippen LogP contribution is 2.15. The Hall–Kier alpha value is -2.70. The molecule has 0 aliphatic heterocycles. The maximum absolute atomic E-state index is 13.4. The average Bonchev–Trinajstić information content (AvgIpc) is 2.96. The van der Waals surface area contributed by atoms with Crippen LogP contribution in [0.25, 0.3) is 5.78 Å². The van der Waals surface area contributed by atoms with Crippen molar-refractivity contribution in [2.45, 2.75) is 13.3 Å². The van der Waals surface area contributed by atoms with Crippen LogP contribution in [0.4, 0.5) is 10.2 Å². The van der Waals surface area contributed by atoms with Gasteiger partial charge in [0.05, 0.1) is 6.61 Å². The number of aromatic nitrogens is 4. The van der Waals surface area contributed by atoms with E-state index in [9.17, 15) is 4.39 Å². The van der Waals surface area contributed by atoms with Gasteiger partial charge >= 0.3 is 0 Å². The van der Waals surface area contributed by atoms with Crippen LogP contribution in [-0.4, -0.2) is 32.7 Å². The van der Waals surface area contributed by atoms with Crippen LogP contribution in [0.1, 0.15) is 12.1 Å². The summed E-state index contributed by atoms with van der Waals surface area (Å²) in [4.78, 5) is 8.34. The van der Waals surface area contributed by atoms with Gasteiger partial charge in [-0.25, -0.2) is 9.37 Å². The third kappa shape index (κ3) is 3.13. The summed E-state index contributed by atoms with van der Waals surface area (Å²) in [6.07, 6.45) is 2.19. The zero-order chi connectivity index (χ0) is 15.4. The molecule has 0 spiro atoms. The number of hydrogen-bond donors (Lipinski definition) is 1. The van der Waals surface area contributed by atoms with Crippen LogP contribution in [0, 0.1) is 12.7 Å². The highest BCUT2D eigenvalue weighted by atomic mass is 19.1. The largest absolute Gasteiger partial charge is 0.490 e. The number of hydrogen-bond acceptors (Lipinski definition) is 5. The Bertz CT molecular complexity index is 773. The summed E-state index contributed by atoms with van der Waals surface area (Å²) in [7, 11) is 0. The molecule has 0 bridgehead atoms. The standard InChI is InChI=1S/C15H16FN5O/c1-11-9-14(21-15(20-11)18-10-19-21)17-7-4-8-22-13-6-3-2-5-12(13)16/h2-3,5-6,9-10,17H,4,7-8H2,1H3. The van der Waals surface area contributed by atoms with Crippen molar-refractivity contribution in [1.29, 1.82) is 0 Å². The van der Waals surface area contributed by atoms with Crippen molar-refractivity contribution >= 4 is 11.6 Å². The molecule has 22 heavy (non-hydrogen) atoms. The van der Waals surface area contributed by atoms with Gasteiger partial charge in [0, 0.05) is 18.3 Å². The second-order valence-electron chi connectivity index (χ2n) is 4.81. The number of halogens is 1. The summed E-state index contributed by atoms with van der Waals surface area (Å²) in [5.74, 6) is 1.32. The third-order valence-corrected chi connectivity index (χ3v) is 3.10. The van der Waals surface area contributed by atoms with Crippen LogP contribution < -0.4 is 10.1 Å². The summed E-state index contributed by atoms with van der Waals surface area (Å²) in [5.41, 5.74) is 0.866. The topological polar surface area (TPSA) is 64.3 Å². The van der Waals surface area contributed by atoms with Crippen LogP contribution in [0.15, 0.2) is 36.7 Å². The first-order valence-corrected chi connectivity index (χ1v) is 7.02. The molecule has 1 aromatic carbocycles. The van der Waals surface area contributed by atoms with E-state index in [1.165, 1.54) is 12.4 Å². The van der Waals surface area contributed by atoms with E-state index >= 15 is 0 Å². The molecule has 0 atom stereocenters. The van der Waals surface area contributed by atoms with E-state index in [2.05, 4.69) is 20.4 Å². The van der Waals surface area contributed by atoms with E-state index in [4.69, 9.17) is 4.74 Å². The lowest BCUT2D eigenvalue weighted by molar-refractivity contribution is 0.299. The molecule has 2 heterocycles. The third-order valence-electron chi connectivity index (χ3n) is 3.10. The van der Waals surface area contributed by atoms with Crippen molar-refractivity contribution in [3.8, 4) is 5.75 Å². The predicted octanol–water partition coefficient (Wildman–Crippen LogP) is 2.45. The zero-order valence-electron chi connectivity index (χ0n) is 12.2. The minimum atomic E-state index is -0.343. The van der Waals surface area contributed by atoms with Gasteiger partial charge in [-0.05, 0) is 25.5 Å². The fourth-order valence-electron chi connectivity index (χ4n) is 2.09. The molecule has 0 aliphatic carbocycles. The van der Waals surface area contributed by atoms with Crippen LogP contribution in [0.3, 0.4) is 0 Å². The summed E-state index contributed by atoms with van der Waals surface area (Å²) >= 11 is 0. The Kier molecular flexibility index (Phi) is 4.13. The first-order valence-electron chi connectivity index (χ1n) is 7.02. The SMILES string of the molecule is Cc1cc(NCCCOc2ccccc2F)n2ncnc2n1. The molecular weight excluding hydrogens is 285 g/mol. The monoisotopic (exact) mass is 301 g/mol. The van der Waals surface area contributed by atoms with E-state index in [0.717, 1.165) is 17.9 Å². The van der Waals surface area contributed by atoms with Crippen LogP contribution in [0.5, 0.6) is 5.75 Å². The Morgan fingerprint density at radius 2 is 2.18 bits per heavy atom. The van der Waals surface area contributed by atoms with E-state index in [1.807, 2.05) is 13.0 Å². The predicted molar refractivity (Wildman–Crippen MR) is 80.5 cm³/mol. The van der Waals surface area contributed by atoms with Gasteiger partial charge < -0.3 is 10.1 Å². The van der Waals surface area contributed by atoms with Crippen LogP contribution >= 0.6 is 0 Å². The van der Waals surface area contributed by atoms with Gasteiger partial charge in [-0.3, -0.25) is 0 Å². The van der Waals surface area contributed by atoms with Crippen molar-refractivity contribution in [2.75, 3.05) is 18.5 Å². The smallest absolute Gasteiger partial charge is 0.254 e. The average molecular weight is 301 g/mol. The summed E-state index contributed by atoms with van der Waals surface area (Å²) in [6, 6.07) is 8.29.